The van der Waals surface area contributed by atoms with Crippen LogP contribution < -0.4 is 4.74 Å². The van der Waals surface area contributed by atoms with Crippen LogP contribution in [-0.2, 0) is 0 Å². The molecule has 170 valence electrons. The number of rotatable bonds is 2. The van der Waals surface area contributed by atoms with Crippen LogP contribution in [0.2, 0.25) is 0 Å². The largest absolute Gasteiger partial charge is 0.497 e. The highest BCUT2D eigenvalue weighted by Gasteiger charge is 2.49. The van der Waals surface area contributed by atoms with Crippen LogP contribution in [0.15, 0.2) is 95.3 Å². The van der Waals surface area contributed by atoms with Gasteiger partial charge in [0.15, 0.2) is 11.6 Å². The van der Waals surface area contributed by atoms with E-state index in [9.17, 15) is 19.2 Å². The minimum atomic E-state index is -0.878. The van der Waals surface area contributed by atoms with Gasteiger partial charge in [0.2, 0.25) is 11.6 Å². The molecule has 0 saturated carbocycles. The molecule has 0 amide bonds. The molecule has 3 aromatic rings. The summed E-state index contributed by atoms with van der Waals surface area (Å²) in [6.07, 6.45) is 0. The molecule has 6 nitrogen and oxygen atoms in total. The highest BCUT2D eigenvalue weighted by molar-refractivity contribution is 6.33. The standard InChI is InChI=1S/C29H19NO5/c1-30-24-22(26(31)17-7-3-5-9-19(17)28(24)33)21(15-11-13-16(35-2)14-12-15)23-25(30)29(34)20-10-6-4-8-18(20)27(23)32/h3-14,21H,1-2H3. The van der Waals surface area contributed by atoms with E-state index in [2.05, 4.69) is 0 Å². The molecule has 0 aromatic heterocycles. The SMILES string of the molecule is COc1ccc(C2C3=C(C(=O)c4ccccc4C3=O)N(C)C3=C2C(=O)c2ccccc2C3=O)cc1. The zero-order chi connectivity index (χ0) is 24.4. The van der Waals surface area contributed by atoms with Gasteiger partial charge in [-0.15, -0.1) is 0 Å². The first kappa shape index (κ1) is 21.0. The number of carbonyl (C=O) groups excluding carboxylic acids is 4. The number of benzene rings is 3. The van der Waals surface area contributed by atoms with E-state index in [4.69, 9.17) is 4.74 Å². The quantitative estimate of drug-likeness (QED) is 0.563. The number of ether oxygens (including phenoxy) is 1. The van der Waals surface area contributed by atoms with Crippen molar-refractivity contribution in [2.24, 2.45) is 0 Å². The van der Waals surface area contributed by atoms with Crippen LogP contribution in [0, 0.1) is 0 Å². The predicted molar refractivity (Wildman–Crippen MR) is 128 cm³/mol. The molecule has 0 atom stereocenters. The maximum Gasteiger partial charge on any atom is 0.210 e. The summed E-state index contributed by atoms with van der Waals surface area (Å²) in [5.41, 5.74) is 2.47. The number of fused-ring (bicyclic) bond motifs is 2. The zero-order valence-corrected chi connectivity index (χ0v) is 19.0. The second-order valence-corrected chi connectivity index (χ2v) is 8.70. The van der Waals surface area contributed by atoms with Gasteiger partial charge in [0.05, 0.1) is 18.5 Å². The lowest BCUT2D eigenvalue weighted by molar-refractivity contribution is 0.0902. The fourth-order valence-electron chi connectivity index (χ4n) is 5.35. The van der Waals surface area contributed by atoms with Crippen molar-refractivity contribution in [3.05, 3.63) is 123 Å². The average Bonchev–Trinajstić information content (AvgIpc) is 2.90. The van der Waals surface area contributed by atoms with Gasteiger partial charge in [0.25, 0.3) is 0 Å². The molecule has 0 unspecified atom stereocenters. The number of Topliss-reactive ketones (excluding diaryl/α,β-unsaturated/α-hetero) is 4. The monoisotopic (exact) mass is 461 g/mol. The summed E-state index contributed by atoms with van der Waals surface area (Å²) in [5, 5.41) is 0. The van der Waals surface area contributed by atoms with Crippen molar-refractivity contribution in [3.8, 4) is 5.75 Å². The normalized spacial score (nSPS) is 17.3. The average molecular weight is 461 g/mol. The van der Waals surface area contributed by atoms with E-state index in [1.54, 1.807) is 87.0 Å². The van der Waals surface area contributed by atoms with Gasteiger partial charge >= 0.3 is 0 Å². The molecule has 3 aromatic carbocycles. The summed E-state index contributed by atoms with van der Waals surface area (Å²) in [4.78, 5) is 56.6. The van der Waals surface area contributed by atoms with E-state index in [0.717, 1.165) is 0 Å². The molecule has 2 aliphatic carbocycles. The van der Waals surface area contributed by atoms with Gasteiger partial charge in [-0.1, -0.05) is 60.7 Å². The van der Waals surface area contributed by atoms with E-state index in [0.29, 0.717) is 22.4 Å². The topological polar surface area (TPSA) is 80.8 Å². The Labute approximate surface area is 201 Å². The Morgan fingerprint density at radius 1 is 0.600 bits per heavy atom. The first-order valence-electron chi connectivity index (χ1n) is 11.2. The summed E-state index contributed by atoms with van der Waals surface area (Å²) >= 11 is 0. The van der Waals surface area contributed by atoms with Gasteiger partial charge < -0.3 is 9.64 Å². The third kappa shape index (κ3) is 2.77. The molecule has 0 fully saturated rings. The maximum absolute atomic E-state index is 13.9. The second kappa shape index (κ2) is 7.46. The Kier molecular flexibility index (Phi) is 4.48. The first-order valence-corrected chi connectivity index (χ1v) is 11.2. The van der Waals surface area contributed by atoms with Crippen LogP contribution in [-0.4, -0.2) is 42.2 Å². The van der Waals surface area contributed by atoms with Crippen molar-refractivity contribution in [2.45, 2.75) is 5.92 Å². The Balaban J connectivity index is 1.66. The van der Waals surface area contributed by atoms with E-state index >= 15 is 0 Å². The molecule has 1 aliphatic heterocycles. The Morgan fingerprint density at radius 2 is 1.00 bits per heavy atom. The Bertz CT molecular complexity index is 1460. The van der Waals surface area contributed by atoms with Crippen molar-refractivity contribution in [1.82, 2.24) is 4.90 Å². The van der Waals surface area contributed by atoms with Gasteiger partial charge in [0, 0.05) is 46.4 Å². The van der Waals surface area contributed by atoms with Crippen molar-refractivity contribution in [1.29, 1.82) is 0 Å². The van der Waals surface area contributed by atoms with Crippen LogP contribution in [0.25, 0.3) is 0 Å². The molecule has 0 radical (unpaired) electrons. The highest BCUT2D eigenvalue weighted by Crippen LogP contribution is 2.49. The van der Waals surface area contributed by atoms with Crippen molar-refractivity contribution in [2.75, 3.05) is 14.2 Å². The molecule has 6 heteroatoms. The lowest BCUT2D eigenvalue weighted by Crippen LogP contribution is -2.43. The van der Waals surface area contributed by atoms with Crippen LogP contribution in [0.4, 0.5) is 0 Å². The number of hydrogen-bond acceptors (Lipinski definition) is 6. The lowest BCUT2D eigenvalue weighted by atomic mass is 9.68. The van der Waals surface area contributed by atoms with Crippen molar-refractivity contribution < 1.29 is 23.9 Å². The van der Waals surface area contributed by atoms with Crippen LogP contribution in [0.5, 0.6) is 5.75 Å². The van der Waals surface area contributed by atoms with Gasteiger partial charge in [-0.25, -0.2) is 0 Å². The molecule has 35 heavy (non-hydrogen) atoms. The second-order valence-electron chi connectivity index (χ2n) is 8.70. The minimum Gasteiger partial charge on any atom is -0.497 e. The van der Waals surface area contributed by atoms with Gasteiger partial charge in [0.1, 0.15) is 5.75 Å². The number of carbonyl (C=O) groups is 4. The maximum atomic E-state index is 13.9. The summed E-state index contributed by atoms with van der Waals surface area (Å²) in [6.45, 7) is 0. The number of nitrogens with zero attached hydrogens (tertiary/aromatic N) is 1. The minimum absolute atomic E-state index is 0.133. The molecular weight excluding hydrogens is 442 g/mol. The first-order chi connectivity index (χ1) is 16.9. The van der Waals surface area contributed by atoms with Gasteiger partial charge in [-0.2, -0.15) is 0 Å². The van der Waals surface area contributed by atoms with Crippen LogP contribution >= 0.6 is 0 Å². The summed E-state index contributed by atoms with van der Waals surface area (Å²) < 4.78 is 5.28. The molecule has 3 aliphatic rings. The molecular formula is C29H19NO5. The molecule has 0 spiro atoms. The number of ketones is 4. The van der Waals surface area contributed by atoms with Crippen LogP contribution in [0.1, 0.15) is 52.9 Å². The Morgan fingerprint density at radius 3 is 1.40 bits per heavy atom. The summed E-state index contributed by atoms with van der Waals surface area (Å²) in [6, 6.07) is 20.3. The van der Waals surface area contributed by atoms with Gasteiger partial charge in [-0.05, 0) is 17.7 Å². The zero-order valence-electron chi connectivity index (χ0n) is 19.0. The van der Waals surface area contributed by atoms with Crippen molar-refractivity contribution in [3.63, 3.8) is 0 Å². The fourth-order valence-corrected chi connectivity index (χ4v) is 5.35. The van der Waals surface area contributed by atoms with E-state index in [1.165, 1.54) is 4.90 Å². The summed E-state index contributed by atoms with van der Waals surface area (Å²) in [5.74, 6) is -1.61. The van der Waals surface area contributed by atoms with Crippen LogP contribution in [0.3, 0.4) is 0 Å². The number of methoxy groups -OCH3 is 1. The number of allylic oxidation sites excluding steroid dienone is 4. The van der Waals surface area contributed by atoms with E-state index in [-0.39, 0.29) is 56.8 Å². The fraction of sp³-hybridized carbons (Fsp3) is 0.103. The smallest absolute Gasteiger partial charge is 0.210 e. The molecule has 0 bridgehead atoms. The molecule has 1 heterocycles. The number of likely N-dealkylation sites (N-methyl/N-ethyl adjacent to an activating group) is 1. The van der Waals surface area contributed by atoms with Gasteiger partial charge in [-0.3, -0.25) is 19.2 Å². The third-order valence-corrected chi connectivity index (χ3v) is 6.96. The van der Waals surface area contributed by atoms with E-state index in [1.807, 2.05) is 0 Å². The summed E-state index contributed by atoms with van der Waals surface area (Å²) in [7, 11) is 3.12. The van der Waals surface area contributed by atoms with E-state index < -0.39 is 5.92 Å². The lowest BCUT2D eigenvalue weighted by Gasteiger charge is -2.41. The third-order valence-electron chi connectivity index (χ3n) is 6.96. The molecule has 6 rings (SSSR count). The number of hydrogen-bond donors (Lipinski definition) is 0. The predicted octanol–water partition coefficient (Wildman–Crippen LogP) is 4.39. The molecule has 0 N–H and O–H groups in total. The highest BCUT2D eigenvalue weighted by atomic mass is 16.5. The Hall–Kier alpha value is -4.58. The van der Waals surface area contributed by atoms with Crippen molar-refractivity contribution >= 4 is 23.1 Å². The molecule has 0 saturated heterocycles.